The first kappa shape index (κ1) is 36.8. The van der Waals surface area contributed by atoms with Gasteiger partial charge in [-0.1, -0.05) is 151 Å². The molecule has 1 aliphatic carbocycles. The topological polar surface area (TPSA) is 40.5 Å². The molecule has 0 heterocycles. The average molecular weight is 569 g/mol. The van der Waals surface area contributed by atoms with Gasteiger partial charge in [-0.25, -0.2) is 0 Å². The van der Waals surface area contributed by atoms with E-state index in [0.717, 1.165) is 18.4 Å². The molecular weight excluding hydrogens is 512 g/mol. The molecule has 0 radical (unpaired) electrons. The second kappa shape index (κ2) is 18.4. The molecule has 2 nitrogen and oxygen atoms in total. The number of rotatable bonds is 13. The predicted octanol–water partition coefficient (Wildman–Crippen LogP) is 10.7. The quantitative estimate of drug-likeness (QED) is 0.217. The molecule has 0 aromatic heterocycles. The van der Waals surface area contributed by atoms with Crippen LogP contribution in [0.15, 0.2) is 142 Å². The first-order valence-electron chi connectivity index (χ1n) is 15.1. The van der Waals surface area contributed by atoms with Gasteiger partial charge in [0.2, 0.25) is 0 Å². The van der Waals surface area contributed by atoms with E-state index in [0.29, 0.717) is 6.42 Å². The van der Waals surface area contributed by atoms with Gasteiger partial charge in [0.05, 0.1) is 11.7 Å². The van der Waals surface area contributed by atoms with Crippen LogP contribution in [0.1, 0.15) is 88.5 Å². The standard InChI is InChI=1S/C40H56O2/c1-31(19-13-21-33(3)22-14-23-34(4)25-16-28-40(9,10)42)17-11-12-18-32(2)20-15-24-35(5)26-27-38-36(6)29-37(41)30-39(38,7)8/h11-27,37,41-42H,28-30H2,1-10H3/b12-11+,19-13+,20-15+,22-14+,25-16?,27-26+,31-17+,32-18+,33-21+,34-23?,35-24+. The Morgan fingerprint density at radius 1 is 0.714 bits per heavy atom. The highest BCUT2D eigenvalue weighted by Crippen LogP contribution is 2.41. The normalized spacial score (nSPS) is 20.8. The summed E-state index contributed by atoms with van der Waals surface area (Å²) in [5, 5.41) is 19.9. The second-order valence-corrected chi connectivity index (χ2v) is 12.9. The molecule has 0 aromatic carbocycles. The molecule has 1 atom stereocenters. The summed E-state index contributed by atoms with van der Waals surface area (Å²) in [6.07, 6.45) is 37.6. The minimum atomic E-state index is -0.666. The smallest absolute Gasteiger partial charge is 0.0626 e. The molecule has 1 rings (SSSR count). The van der Waals surface area contributed by atoms with Crippen LogP contribution in [0.5, 0.6) is 0 Å². The summed E-state index contributed by atoms with van der Waals surface area (Å²) in [4.78, 5) is 0. The van der Waals surface area contributed by atoms with Crippen LogP contribution in [0.2, 0.25) is 0 Å². The van der Waals surface area contributed by atoms with Gasteiger partial charge in [-0.05, 0) is 85.6 Å². The Hall–Kier alpha value is -3.20. The highest BCUT2D eigenvalue weighted by atomic mass is 16.3. The fourth-order valence-electron chi connectivity index (χ4n) is 4.68. The van der Waals surface area contributed by atoms with Gasteiger partial charge in [0.25, 0.3) is 0 Å². The SMILES string of the molecule is CC(C=CCC(C)(C)O)=C/C=C/C(C)=C/C=C/C(C)=C/C=C/C=C(C)/C=C/C=C(C)/C=C/C1=C(C)CC(O)CC1(C)C. The Morgan fingerprint density at radius 2 is 1.12 bits per heavy atom. The molecule has 1 unspecified atom stereocenters. The number of aliphatic hydroxyl groups excluding tert-OH is 1. The molecule has 0 amide bonds. The molecule has 2 N–H and O–H groups in total. The molecule has 0 aliphatic heterocycles. The van der Waals surface area contributed by atoms with Crippen LogP contribution < -0.4 is 0 Å². The van der Waals surface area contributed by atoms with Crippen molar-refractivity contribution in [3.63, 3.8) is 0 Å². The maximum atomic E-state index is 10.1. The average Bonchev–Trinajstić information content (AvgIpc) is 2.84. The third kappa shape index (κ3) is 16.9. The fourth-order valence-corrected chi connectivity index (χ4v) is 4.68. The number of hydrogen-bond acceptors (Lipinski definition) is 2. The highest BCUT2D eigenvalue weighted by molar-refractivity contribution is 5.38. The van der Waals surface area contributed by atoms with Crippen LogP contribution in [0.3, 0.4) is 0 Å². The van der Waals surface area contributed by atoms with Gasteiger partial charge in [0, 0.05) is 0 Å². The lowest BCUT2D eigenvalue weighted by atomic mass is 9.71. The minimum Gasteiger partial charge on any atom is -0.393 e. The molecule has 42 heavy (non-hydrogen) atoms. The summed E-state index contributed by atoms with van der Waals surface area (Å²) in [5.41, 5.74) is 7.86. The summed E-state index contributed by atoms with van der Waals surface area (Å²) in [5.74, 6) is 0. The summed E-state index contributed by atoms with van der Waals surface area (Å²) in [6.45, 7) is 20.7. The molecule has 0 saturated carbocycles. The van der Waals surface area contributed by atoms with E-state index >= 15 is 0 Å². The highest BCUT2D eigenvalue weighted by Gasteiger charge is 2.31. The maximum Gasteiger partial charge on any atom is 0.0626 e. The zero-order valence-corrected chi connectivity index (χ0v) is 27.9. The summed E-state index contributed by atoms with van der Waals surface area (Å²) in [7, 11) is 0. The Morgan fingerprint density at radius 3 is 1.55 bits per heavy atom. The Kier molecular flexibility index (Phi) is 16.1. The number of hydrogen-bond donors (Lipinski definition) is 2. The lowest BCUT2D eigenvalue weighted by Gasteiger charge is -2.35. The number of allylic oxidation sites excluding steroid dienone is 22. The zero-order chi connectivity index (χ0) is 31.8. The Bertz CT molecular complexity index is 1250. The predicted molar refractivity (Wildman–Crippen MR) is 186 cm³/mol. The first-order chi connectivity index (χ1) is 19.6. The van der Waals surface area contributed by atoms with Crippen LogP contribution in [-0.2, 0) is 0 Å². The monoisotopic (exact) mass is 568 g/mol. The zero-order valence-electron chi connectivity index (χ0n) is 27.9. The van der Waals surface area contributed by atoms with Gasteiger partial charge in [0.15, 0.2) is 0 Å². The Labute approximate surface area is 257 Å². The van der Waals surface area contributed by atoms with Crippen LogP contribution in [-0.4, -0.2) is 21.9 Å². The van der Waals surface area contributed by atoms with Gasteiger partial charge in [-0.2, -0.15) is 0 Å². The summed E-state index contributed by atoms with van der Waals surface area (Å²) < 4.78 is 0. The van der Waals surface area contributed by atoms with E-state index in [1.807, 2.05) is 26.0 Å². The summed E-state index contributed by atoms with van der Waals surface area (Å²) >= 11 is 0. The Balaban J connectivity index is 2.61. The molecule has 0 fully saturated rings. The van der Waals surface area contributed by atoms with Crippen LogP contribution >= 0.6 is 0 Å². The third-order valence-corrected chi connectivity index (χ3v) is 6.97. The maximum absolute atomic E-state index is 10.1. The van der Waals surface area contributed by atoms with E-state index in [4.69, 9.17) is 0 Å². The number of aliphatic hydroxyl groups is 2. The van der Waals surface area contributed by atoms with Gasteiger partial charge in [-0.15, -0.1) is 0 Å². The van der Waals surface area contributed by atoms with Crippen molar-refractivity contribution in [3.05, 3.63) is 142 Å². The van der Waals surface area contributed by atoms with E-state index in [1.165, 1.54) is 33.4 Å². The first-order valence-corrected chi connectivity index (χ1v) is 15.1. The van der Waals surface area contributed by atoms with Crippen molar-refractivity contribution in [2.45, 2.75) is 100 Å². The molecule has 0 aromatic rings. The van der Waals surface area contributed by atoms with Crippen molar-refractivity contribution in [2.24, 2.45) is 5.41 Å². The van der Waals surface area contributed by atoms with Crippen LogP contribution in [0.4, 0.5) is 0 Å². The van der Waals surface area contributed by atoms with Gasteiger partial charge < -0.3 is 10.2 Å². The van der Waals surface area contributed by atoms with Crippen molar-refractivity contribution in [2.75, 3.05) is 0 Å². The molecule has 1 aliphatic rings. The van der Waals surface area contributed by atoms with Crippen LogP contribution in [0, 0.1) is 5.41 Å². The molecule has 228 valence electrons. The van der Waals surface area contributed by atoms with Gasteiger partial charge in [-0.3, -0.25) is 0 Å². The minimum absolute atomic E-state index is 0.00454. The van der Waals surface area contributed by atoms with Crippen molar-refractivity contribution in [1.82, 2.24) is 0 Å². The fraction of sp³-hybridized carbons (Fsp3) is 0.400. The van der Waals surface area contributed by atoms with Crippen molar-refractivity contribution in [1.29, 1.82) is 0 Å². The van der Waals surface area contributed by atoms with Crippen molar-refractivity contribution >= 4 is 0 Å². The van der Waals surface area contributed by atoms with Gasteiger partial charge in [0.1, 0.15) is 0 Å². The lowest BCUT2D eigenvalue weighted by molar-refractivity contribution is 0.0839. The van der Waals surface area contributed by atoms with E-state index < -0.39 is 5.60 Å². The largest absolute Gasteiger partial charge is 0.393 e. The molecule has 0 spiro atoms. The molecular formula is C40H56O2. The van der Waals surface area contributed by atoms with E-state index in [-0.39, 0.29) is 11.5 Å². The third-order valence-electron chi connectivity index (χ3n) is 6.97. The molecule has 0 saturated heterocycles. The van der Waals surface area contributed by atoms with Crippen LogP contribution in [0.25, 0.3) is 0 Å². The lowest BCUT2D eigenvalue weighted by Crippen LogP contribution is -2.28. The van der Waals surface area contributed by atoms with E-state index in [2.05, 4.69) is 147 Å². The molecule has 2 heteroatoms. The van der Waals surface area contributed by atoms with Gasteiger partial charge >= 0.3 is 0 Å². The van der Waals surface area contributed by atoms with E-state index in [9.17, 15) is 10.2 Å². The van der Waals surface area contributed by atoms with Crippen molar-refractivity contribution in [3.8, 4) is 0 Å². The van der Waals surface area contributed by atoms with E-state index in [1.54, 1.807) is 0 Å². The van der Waals surface area contributed by atoms with Crippen molar-refractivity contribution < 1.29 is 10.2 Å². The second-order valence-electron chi connectivity index (χ2n) is 12.9. The summed E-state index contributed by atoms with van der Waals surface area (Å²) in [6, 6.07) is 0. The molecule has 0 bridgehead atoms.